The number of nitrogens with one attached hydrogen (secondary N) is 1. The van der Waals surface area contributed by atoms with Gasteiger partial charge in [0.05, 0.1) is 22.2 Å². The maximum Gasteiger partial charge on any atom is 0.259 e. The van der Waals surface area contributed by atoms with Gasteiger partial charge < -0.3 is 9.73 Å². The summed E-state index contributed by atoms with van der Waals surface area (Å²) in [5.74, 6) is -0.0231. The Bertz CT molecular complexity index is 1330. The van der Waals surface area contributed by atoms with Crippen LogP contribution in [-0.2, 0) is 0 Å². The summed E-state index contributed by atoms with van der Waals surface area (Å²) in [5.41, 5.74) is 2.25. The van der Waals surface area contributed by atoms with E-state index in [1.165, 1.54) is 0 Å². The Morgan fingerprint density at radius 3 is 2.45 bits per heavy atom. The van der Waals surface area contributed by atoms with Crippen LogP contribution in [0.2, 0.25) is 0 Å². The molecule has 1 N–H and O–H groups in total. The number of nitrogens with zero attached hydrogens (tertiary/aromatic N) is 1. The predicted molar refractivity (Wildman–Crippen MR) is 112 cm³/mol. The van der Waals surface area contributed by atoms with Crippen molar-refractivity contribution >= 4 is 22.6 Å². The van der Waals surface area contributed by atoms with E-state index in [1.807, 2.05) is 36.4 Å². The van der Waals surface area contributed by atoms with Crippen LogP contribution in [0, 0.1) is 18.3 Å². The molecule has 0 radical (unpaired) electrons. The zero-order chi connectivity index (χ0) is 20.4. The summed E-state index contributed by atoms with van der Waals surface area (Å²) < 4.78 is 6.08. The molecule has 4 aromatic rings. The van der Waals surface area contributed by atoms with Gasteiger partial charge in [-0.15, -0.1) is 0 Å². The lowest BCUT2D eigenvalue weighted by Crippen LogP contribution is -2.15. The Labute approximate surface area is 166 Å². The monoisotopic (exact) mass is 380 g/mol. The first kappa shape index (κ1) is 18.2. The van der Waals surface area contributed by atoms with Crippen LogP contribution in [0.1, 0.15) is 21.5 Å². The van der Waals surface area contributed by atoms with Crippen LogP contribution >= 0.6 is 0 Å². The number of benzene rings is 3. The van der Waals surface area contributed by atoms with Crippen LogP contribution in [0.4, 0.5) is 5.69 Å². The van der Waals surface area contributed by atoms with E-state index in [9.17, 15) is 14.9 Å². The molecule has 0 bridgehead atoms. The summed E-state index contributed by atoms with van der Waals surface area (Å²) in [6.45, 7) is 1.71. The van der Waals surface area contributed by atoms with E-state index >= 15 is 0 Å². The second-order valence-corrected chi connectivity index (χ2v) is 6.55. The number of anilines is 1. The van der Waals surface area contributed by atoms with Crippen molar-refractivity contribution in [3.05, 3.63) is 99.7 Å². The van der Waals surface area contributed by atoms with Gasteiger partial charge in [0.2, 0.25) is 0 Å². The molecule has 29 heavy (non-hydrogen) atoms. The fraction of sp³-hybridized carbons (Fsp3) is 0.0417. The molecule has 1 heterocycles. The number of hydrogen-bond acceptors (Lipinski definition) is 4. The van der Waals surface area contributed by atoms with Gasteiger partial charge >= 0.3 is 0 Å². The second kappa shape index (κ2) is 7.45. The summed E-state index contributed by atoms with van der Waals surface area (Å²) >= 11 is 0. The highest BCUT2D eigenvalue weighted by atomic mass is 16.3. The van der Waals surface area contributed by atoms with E-state index in [0.717, 1.165) is 5.56 Å². The SMILES string of the molecule is Cc1c(-c2ccccc2)oc2c(C(=O)Nc3ccccc3C#N)cccc2c1=O. The van der Waals surface area contributed by atoms with Gasteiger partial charge in [-0.3, -0.25) is 9.59 Å². The fourth-order valence-electron chi connectivity index (χ4n) is 3.23. The highest BCUT2D eigenvalue weighted by Crippen LogP contribution is 2.28. The lowest BCUT2D eigenvalue weighted by molar-refractivity contribution is 0.102. The van der Waals surface area contributed by atoms with Crippen LogP contribution < -0.4 is 10.7 Å². The van der Waals surface area contributed by atoms with Crippen molar-refractivity contribution in [2.75, 3.05) is 5.32 Å². The number of carbonyl (C=O) groups is 1. The van der Waals surface area contributed by atoms with Crippen molar-refractivity contribution in [3.63, 3.8) is 0 Å². The lowest BCUT2D eigenvalue weighted by Gasteiger charge is -2.11. The van der Waals surface area contributed by atoms with E-state index < -0.39 is 5.91 Å². The van der Waals surface area contributed by atoms with Crippen molar-refractivity contribution in [1.82, 2.24) is 0 Å². The number of para-hydroxylation sites is 2. The van der Waals surface area contributed by atoms with Gasteiger partial charge in [0.15, 0.2) is 11.0 Å². The second-order valence-electron chi connectivity index (χ2n) is 6.55. The van der Waals surface area contributed by atoms with Crippen LogP contribution in [0.25, 0.3) is 22.3 Å². The minimum absolute atomic E-state index is 0.183. The molecule has 1 amide bonds. The van der Waals surface area contributed by atoms with E-state index in [-0.39, 0.29) is 16.6 Å². The first-order valence-corrected chi connectivity index (χ1v) is 9.02. The number of fused-ring (bicyclic) bond motifs is 1. The van der Waals surface area contributed by atoms with Gasteiger partial charge in [0.1, 0.15) is 11.8 Å². The van der Waals surface area contributed by atoms with Gasteiger partial charge in [-0.2, -0.15) is 5.26 Å². The summed E-state index contributed by atoms with van der Waals surface area (Å²) in [5, 5.41) is 12.3. The fourth-order valence-corrected chi connectivity index (χ4v) is 3.23. The van der Waals surface area contributed by atoms with Gasteiger partial charge in [0.25, 0.3) is 5.91 Å². The summed E-state index contributed by atoms with van der Waals surface area (Å²) in [6.07, 6.45) is 0. The third kappa shape index (κ3) is 3.28. The third-order valence-corrected chi connectivity index (χ3v) is 4.72. The topological polar surface area (TPSA) is 83.1 Å². The van der Waals surface area contributed by atoms with Crippen LogP contribution in [0.5, 0.6) is 0 Å². The average molecular weight is 380 g/mol. The minimum Gasteiger partial charge on any atom is -0.455 e. The van der Waals surface area contributed by atoms with Crippen molar-refractivity contribution in [2.45, 2.75) is 6.92 Å². The molecule has 140 valence electrons. The van der Waals surface area contributed by atoms with Crippen molar-refractivity contribution in [3.8, 4) is 17.4 Å². The van der Waals surface area contributed by atoms with Crippen LogP contribution in [0.15, 0.2) is 82.0 Å². The summed E-state index contributed by atoms with van der Waals surface area (Å²) in [7, 11) is 0. The molecular formula is C24H16N2O3. The zero-order valence-electron chi connectivity index (χ0n) is 15.6. The molecule has 0 aliphatic rings. The average Bonchev–Trinajstić information content (AvgIpc) is 2.76. The van der Waals surface area contributed by atoms with Crippen LogP contribution in [0.3, 0.4) is 0 Å². The molecule has 0 fully saturated rings. The Kier molecular flexibility index (Phi) is 4.68. The molecule has 0 spiro atoms. The number of nitriles is 1. The first-order valence-electron chi connectivity index (χ1n) is 9.02. The molecule has 0 saturated carbocycles. The van der Waals surface area contributed by atoms with Crippen LogP contribution in [-0.4, -0.2) is 5.91 Å². The Hall–Kier alpha value is -4.17. The first-order chi connectivity index (χ1) is 14.1. The number of hydrogen-bond donors (Lipinski definition) is 1. The third-order valence-electron chi connectivity index (χ3n) is 4.72. The summed E-state index contributed by atoms with van der Waals surface area (Å²) in [6, 6.07) is 23.0. The molecule has 4 rings (SSSR count). The van der Waals surface area contributed by atoms with Gasteiger partial charge in [-0.1, -0.05) is 48.5 Å². The quantitative estimate of drug-likeness (QED) is 0.548. The van der Waals surface area contributed by atoms with Gasteiger partial charge in [0, 0.05) is 11.1 Å². The Balaban J connectivity index is 1.87. The van der Waals surface area contributed by atoms with Crippen molar-refractivity contribution in [1.29, 1.82) is 5.26 Å². The molecule has 0 saturated heterocycles. The van der Waals surface area contributed by atoms with Crippen molar-refractivity contribution < 1.29 is 9.21 Å². The van der Waals surface area contributed by atoms with Crippen molar-refractivity contribution in [2.24, 2.45) is 0 Å². The smallest absolute Gasteiger partial charge is 0.259 e. The Morgan fingerprint density at radius 2 is 1.69 bits per heavy atom. The maximum atomic E-state index is 13.0. The highest BCUT2D eigenvalue weighted by Gasteiger charge is 2.19. The minimum atomic E-state index is -0.454. The lowest BCUT2D eigenvalue weighted by atomic mass is 10.0. The molecule has 5 heteroatoms. The number of amides is 1. The molecular weight excluding hydrogens is 364 g/mol. The molecule has 1 aromatic heterocycles. The molecule has 0 atom stereocenters. The van der Waals surface area contributed by atoms with Gasteiger partial charge in [-0.05, 0) is 31.2 Å². The summed E-state index contributed by atoms with van der Waals surface area (Å²) in [4.78, 5) is 25.9. The molecule has 0 aliphatic carbocycles. The number of carbonyl (C=O) groups excluding carboxylic acids is 1. The predicted octanol–water partition coefficient (Wildman–Crippen LogP) is 4.89. The molecule has 0 unspecified atom stereocenters. The highest BCUT2D eigenvalue weighted by molar-refractivity contribution is 6.11. The standard InChI is InChI=1S/C24H16N2O3/c1-15-21(27)18-11-7-12-19(23(18)29-22(15)16-8-3-2-4-9-16)24(28)26-20-13-6-5-10-17(20)14-25/h2-13H,1H3,(H,26,28). The zero-order valence-corrected chi connectivity index (χ0v) is 15.6. The van der Waals surface area contributed by atoms with E-state index in [1.54, 1.807) is 49.4 Å². The number of rotatable bonds is 3. The molecule has 3 aromatic carbocycles. The normalized spacial score (nSPS) is 10.5. The molecule has 5 nitrogen and oxygen atoms in total. The maximum absolute atomic E-state index is 13.0. The van der Waals surface area contributed by atoms with Gasteiger partial charge in [-0.25, -0.2) is 0 Å². The van der Waals surface area contributed by atoms with E-state index in [0.29, 0.717) is 28.0 Å². The van der Waals surface area contributed by atoms with E-state index in [2.05, 4.69) is 5.32 Å². The van der Waals surface area contributed by atoms with E-state index in [4.69, 9.17) is 4.42 Å². The largest absolute Gasteiger partial charge is 0.455 e. The Morgan fingerprint density at radius 1 is 0.966 bits per heavy atom. The molecule has 0 aliphatic heterocycles.